The van der Waals surface area contributed by atoms with Crippen molar-refractivity contribution < 1.29 is 28.9 Å². The van der Waals surface area contributed by atoms with Gasteiger partial charge in [-0.15, -0.1) is 0 Å². The van der Waals surface area contributed by atoms with Crippen LogP contribution in [-0.4, -0.2) is 60.3 Å². The zero-order valence-corrected chi connectivity index (χ0v) is 12.3. The van der Waals surface area contributed by atoms with Crippen LogP contribution in [0.15, 0.2) is 0 Å². The van der Waals surface area contributed by atoms with Crippen LogP contribution in [0.2, 0.25) is 0 Å². The molecule has 0 aromatic carbocycles. The lowest BCUT2D eigenvalue weighted by molar-refractivity contribution is -0.160. The fraction of sp³-hybridized carbons (Fsp3) is 0.846. The number of aliphatic hydroxyl groups is 1. The molecule has 1 N–H and O–H groups in total. The van der Waals surface area contributed by atoms with Crippen molar-refractivity contribution in [2.45, 2.75) is 45.3 Å². The van der Waals surface area contributed by atoms with Gasteiger partial charge < -0.3 is 24.2 Å². The van der Waals surface area contributed by atoms with Crippen molar-refractivity contribution in [3.8, 4) is 0 Å². The molecular weight excluding hydrogens is 266 g/mol. The second-order valence-corrected chi connectivity index (χ2v) is 5.62. The van der Waals surface area contributed by atoms with Crippen LogP contribution in [0.3, 0.4) is 0 Å². The quantitative estimate of drug-likeness (QED) is 0.611. The Labute approximate surface area is 118 Å². The monoisotopic (exact) mass is 289 g/mol. The lowest BCUT2D eigenvalue weighted by Gasteiger charge is -2.33. The number of nitrogens with zero attached hydrogens (tertiary/aromatic N) is 1. The smallest absolute Gasteiger partial charge is 0.410 e. The molecule has 0 unspecified atom stereocenters. The Kier molecular flexibility index (Phi) is 6.22. The van der Waals surface area contributed by atoms with Gasteiger partial charge >= 0.3 is 12.1 Å². The summed E-state index contributed by atoms with van der Waals surface area (Å²) in [6, 6.07) is 0. The molecule has 0 radical (unpaired) electrons. The van der Waals surface area contributed by atoms with Gasteiger partial charge in [0.25, 0.3) is 0 Å². The molecule has 1 heterocycles. The molecule has 0 spiro atoms. The van der Waals surface area contributed by atoms with Crippen molar-refractivity contribution in [2.24, 2.45) is 0 Å². The van der Waals surface area contributed by atoms with Crippen LogP contribution in [0, 0.1) is 0 Å². The number of likely N-dealkylation sites (tertiary alicyclic amines) is 1. The van der Waals surface area contributed by atoms with Gasteiger partial charge in [-0.3, -0.25) is 0 Å². The van der Waals surface area contributed by atoms with Gasteiger partial charge in [0.2, 0.25) is 0 Å². The molecule has 20 heavy (non-hydrogen) atoms. The highest BCUT2D eigenvalue weighted by Gasteiger charge is 2.27. The summed E-state index contributed by atoms with van der Waals surface area (Å²) in [5.41, 5.74) is -0.502. The number of ether oxygens (including phenoxy) is 3. The molecule has 0 saturated carbocycles. The van der Waals surface area contributed by atoms with E-state index in [9.17, 15) is 9.59 Å². The maximum absolute atomic E-state index is 11.8. The molecule has 0 atom stereocenters. The third-order valence-corrected chi connectivity index (χ3v) is 2.76. The van der Waals surface area contributed by atoms with Gasteiger partial charge in [-0.25, -0.2) is 9.59 Å². The SMILES string of the molecule is CC(C)(C)OC(=O)N1CCC(OCC(=O)OCO)CC1. The van der Waals surface area contributed by atoms with Gasteiger partial charge in [0.1, 0.15) is 12.2 Å². The highest BCUT2D eigenvalue weighted by atomic mass is 16.6. The van der Waals surface area contributed by atoms with E-state index in [0.29, 0.717) is 25.9 Å². The molecule has 7 heteroatoms. The number of esters is 1. The predicted octanol–water partition coefficient (Wildman–Crippen LogP) is 0.895. The third-order valence-electron chi connectivity index (χ3n) is 2.76. The number of piperidine rings is 1. The van der Waals surface area contributed by atoms with Crippen molar-refractivity contribution in [2.75, 3.05) is 26.5 Å². The summed E-state index contributed by atoms with van der Waals surface area (Å²) in [4.78, 5) is 24.5. The van der Waals surface area contributed by atoms with Crippen LogP contribution in [0.4, 0.5) is 4.79 Å². The lowest BCUT2D eigenvalue weighted by atomic mass is 10.1. The first-order valence-corrected chi connectivity index (χ1v) is 6.68. The number of hydrogen-bond acceptors (Lipinski definition) is 6. The van der Waals surface area contributed by atoms with Crippen LogP contribution < -0.4 is 0 Å². The Morgan fingerprint density at radius 3 is 2.35 bits per heavy atom. The number of rotatable bonds is 4. The van der Waals surface area contributed by atoms with E-state index in [4.69, 9.17) is 14.6 Å². The van der Waals surface area contributed by atoms with E-state index in [1.165, 1.54) is 0 Å². The molecule has 1 fully saturated rings. The Bertz CT molecular complexity index is 330. The maximum Gasteiger partial charge on any atom is 0.410 e. The lowest BCUT2D eigenvalue weighted by Crippen LogP contribution is -2.43. The number of amides is 1. The first-order valence-electron chi connectivity index (χ1n) is 6.68. The molecule has 7 nitrogen and oxygen atoms in total. The number of carbonyl (C=O) groups is 2. The van der Waals surface area contributed by atoms with Crippen molar-refractivity contribution in [1.82, 2.24) is 4.90 Å². The number of aliphatic hydroxyl groups excluding tert-OH is 1. The first kappa shape index (κ1) is 16.7. The molecule has 0 bridgehead atoms. The minimum absolute atomic E-state index is 0.0834. The molecule has 0 aromatic heterocycles. The van der Waals surface area contributed by atoms with Crippen LogP contribution in [0.1, 0.15) is 33.6 Å². The summed E-state index contributed by atoms with van der Waals surface area (Å²) in [5, 5.41) is 8.41. The summed E-state index contributed by atoms with van der Waals surface area (Å²) in [6.07, 6.45) is 0.882. The second kappa shape index (κ2) is 7.44. The minimum atomic E-state index is -0.640. The normalized spacial score (nSPS) is 16.9. The molecule has 1 aliphatic rings. The van der Waals surface area contributed by atoms with Crippen molar-refractivity contribution in [3.05, 3.63) is 0 Å². The summed E-state index contributed by atoms with van der Waals surface area (Å²) in [5.74, 6) is -0.595. The molecule has 1 aliphatic heterocycles. The van der Waals surface area contributed by atoms with Crippen LogP contribution in [0.5, 0.6) is 0 Å². The van der Waals surface area contributed by atoms with Crippen LogP contribution >= 0.6 is 0 Å². The molecule has 1 amide bonds. The van der Waals surface area contributed by atoms with Crippen molar-refractivity contribution in [1.29, 1.82) is 0 Å². The average Bonchev–Trinajstić information content (AvgIpc) is 2.35. The van der Waals surface area contributed by atoms with Gasteiger partial charge in [0.05, 0.1) is 6.10 Å². The van der Waals surface area contributed by atoms with Gasteiger partial charge in [-0.1, -0.05) is 0 Å². The van der Waals surface area contributed by atoms with E-state index in [2.05, 4.69) is 4.74 Å². The predicted molar refractivity (Wildman–Crippen MR) is 70.0 cm³/mol. The zero-order chi connectivity index (χ0) is 15.2. The molecule has 1 rings (SSSR count). The van der Waals surface area contributed by atoms with E-state index in [0.717, 1.165) is 0 Å². The second-order valence-electron chi connectivity index (χ2n) is 5.62. The molecule has 0 aromatic rings. The fourth-order valence-electron chi connectivity index (χ4n) is 1.83. The summed E-state index contributed by atoms with van der Waals surface area (Å²) >= 11 is 0. The zero-order valence-electron chi connectivity index (χ0n) is 12.3. The van der Waals surface area contributed by atoms with Gasteiger partial charge in [0, 0.05) is 13.1 Å². The van der Waals surface area contributed by atoms with Crippen molar-refractivity contribution >= 4 is 12.1 Å². The first-order chi connectivity index (χ1) is 9.31. The third kappa shape index (κ3) is 6.21. The fourth-order valence-corrected chi connectivity index (χ4v) is 1.83. The Morgan fingerprint density at radius 1 is 1.25 bits per heavy atom. The van der Waals surface area contributed by atoms with Gasteiger partial charge in [-0.05, 0) is 33.6 Å². The highest BCUT2D eigenvalue weighted by molar-refractivity contribution is 5.70. The van der Waals surface area contributed by atoms with E-state index < -0.39 is 18.4 Å². The summed E-state index contributed by atoms with van der Waals surface area (Å²) in [6.45, 7) is 5.73. The molecular formula is C13H23NO6. The Balaban J connectivity index is 2.26. The highest BCUT2D eigenvalue weighted by Crippen LogP contribution is 2.17. The van der Waals surface area contributed by atoms with E-state index >= 15 is 0 Å². The summed E-state index contributed by atoms with van der Waals surface area (Å²) < 4.78 is 15.0. The summed E-state index contributed by atoms with van der Waals surface area (Å²) in [7, 11) is 0. The molecule has 1 saturated heterocycles. The Hall–Kier alpha value is -1.34. The van der Waals surface area contributed by atoms with E-state index in [1.807, 2.05) is 20.8 Å². The number of hydrogen-bond donors (Lipinski definition) is 1. The standard InChI is InChI=1S/C13H23NO6/c1-13(2,3)20-12(17)14-6-4-10(5-7-14)18-8-11(16)19-9-15/h10,15H,4-9H2,1-3H3. The Morgan fingerprint density at radius 2 is 1.85 bits per heavy atom. The molecule has 0 aliphatic carbocycles. The van der Waals surface area contributed by atoms with Crippen LogP contribution in [0.25, 0.3) is 0 Å². The van der Waals surface area contributed by atoms with Gasteiger partial charge in [0.15, 0.2) is 6.79 Å². The van der Waals surface area contributed by atoms with Crippen LogP contribution in [-0.2, 0) is 19.0 Å². The molecule has 116 valence electrons. The largest absolute Gasteiger partial charge is 0.444 e. The topological polar surface area (TPSA) is 85.3 Å². The van der Waals surface area contributed by atoms with E-state index in [1.54, 1.807) is 4.90 Å². The average molecular weight is 289 g/mol. The number of carbonyl (C=O) groups excluding carboxylic acids is 2. The van der Waals surface area contributed by atoms with Crippen molar-refractivity contribution in [3.63, 3.8) is 0 Å². The minimum Gasteiger partial charge on any atom is -0.444 e. The maximum atomic E-state index is 11.8. The van der Waals surface area contributed by atoms with Gasteiger partial charge in [-0.2, -0.15) is 0 Å². The van der Waals surface area contributed by atoms with E-state index in [-0.39, 0.29) is 18.8 Å².